The Balaban J connectivity index is 1.83. The van der Waals surface area contributed by atoms with Crippen molar-refractivity contribution in [2.75, 3.05) is 5.32 Å². The van der Waals surface area contributed by atoms with Crippen molar-refractivity contribution < 1.29 is 22.0 Å². The lowest BCUT2D eigenvalue weighted by Gasteiger charge is -2.12. The van der Waals surface area contributed by atoms with Gasteiger partial charge < -0.3 is 9.88 Å². The van der Waals surface area contributed by atoms with Crippen LogP contribution in [0.3, 0.4) is 0 Å². The summed E-state index contributed by atoms with van der Waals surface area (Å²) in [5.41, 5.74) is 0.461. The second kappa shape index (κ2) is 7.02. The van der Waals surface area contributed by atoms with Crippen LogP contribution in [-0.4, -0.2) is 9.55 Å². The number of aromatic nitrogens is 2. The predicted octanol–water partition coefficient (Wildman–Crippen LogP) is 5.40. The summed E-state index contributed by atoms with van der Waals surface area (Å²) < 4.78 is 67.7. The van der Waals surface area contributed by atoms with Gasteiger partial charge in [0.1, 0.15) is 17.5 Å². The smallest absolute Gasteiger partial charge is 0.381 e. The molecule has 0 aliphatic heterocycles. The normalized spacial score (nSPS) is 11.7. The highest BCUT2D eigenvalue weighted by Gasteiger charge is 2.34. The predicted molar refractivity (Wildman–Crippen MR) is 91.7 cm³/mol. The zero-order valence-electron chi connectivity index (χ0n) is 14.5. The van der Waals surface area contributed by atoms with Gasteiger partial charge in [-0.25, -0.2) is 13.8 Å². The van der Waals surface area contributed by atoms with Crippen molar-refractivity contribution in [3.63, 3.8) is 0 Å². The number of halogens is 5. The number of nitrogens with one attached hydrogen (secondary N) is 1. The van der Waals surface area contributed by atoms with Crippen molar-refractivity contribution in [3.05, 3.63) is 76.9 Å². The summed E-state index contributed by atoms with van der Waals surface area (Å²) in [6, 6.07) is 8.73. The SMILES string of the molecule is Cc1cccc(F)c1CNc1ccc(-n2cc(C(F)(F)F)nc2C)c(F)c1. The molecule has 3 rings (SSSR count). The number of anilines is 1. The summed E-state index contributed by atoms with van der Waals surface area (Å²) in [4.78, 5) is 3.43. The van der Waals surface area contributed by atoms with Gasteiger partial charge in [-0.05, 0) is 43.7 Å². The van der Waals surface area contributed by atoms with E-state index in [2.05, 4.69) is 10.3 Å². The third-order valence-electron chi connectivity index (χ3n) is 4.20. The number of hydrogen-bond acceptors (Lipinski definition) is 2. The van der Waals surface area contributed by atoms with E-state index >= 15 is 0 Å². The molecule has 0 fully saturated rings. The minimum atomic E-state index is -4.61. The number of nitrogens with zero attached hydrogens (tertiary/aromatic N) is 2. The van der Waals surface area contributed by atoms with Gasteiger partial charge in [-0.1, -0.05) is 12.1 Å². The third kappa shape index (κ3) is 3.94. The molecule has 0 aliphatic rings. The number of benzene rings is 2. The van der Waals surface area contributed by atoms with Crippen LogP contribution in [0.1, 0.15) is 22.6 Å². The van der Waals surface area contributed by atoms with Crippen molar-refractivity contribution in [2.45, 2.75) is 26.6 Å². The fourth-order valence-corrected chi connectivity index (χ4v) is 2.75. The van der Waals surface area contributed by atoms with E-state index in [-0.39, 0.29) is 23.9 Å². The van der Waals surface area contributed by atoms with Gasteiger partial charge in [0.2, 0.25) is 0 Å². The average Bonchev–Trinajstić information content (AvgIpc) is 2.96. The van der Waals surface area contributed by atoms with Gasteiger partial charge >= 0.3 is 6.18 Å². The van der Waals surface area contributed by atoms with Crippen molar-refractivity contribution in [3.8, 4) is 5.69 Å². The van der Waals surface area contributed by atoms with Gasteiger partial charge in [0.05, 0.1) is 5.69 Å². The summed E-state index contributed by atoms with van der Waals surface area (Å²) >= 11 is 0. The number of hydrogen-bond donors (Lipinski definition) is 1. The molecule has 142 valence electrons. The quantitative estimate of drug-likeness (QED) is 0.614. The Kier molecular flexibility index (Phi) is 4.91. The summed E-state index contributed by atoms with van der Waals surface area (Å²) in [5.74, 6) is -1.07. The van der Waals surface area contributed by atoms with E-state index < -0.39 is 17.7 Å². The van der Waals surface area contributed by atoms with Crippen LogP contribution >= 0.6 is 0 Å². The molecular formula is C19H16F5N3. The second-order valence-corrected chi connectivity index (χ2v) is 6.10. The van der Waals surface area contributed by atoms with E-state index in [1.165, 1.54) is 25.1 Å². The highest BCUT2D eigenvalue weighted by atomic mass is 19.4. The first kappa shape index (κ1) is 18.9. The topological polar surface area (TPSA) is 29.9 Å². The maximum absolute atomic E-state index is 14.5. The Labute approximate surface area is 152 Å². The largest absolute Gasteiger partial charge is 0.434 e. The molecule has 0 aliphatic carbocycles. The molecule has 0 atom stereocenters. The molecule has 0 amide bonds. The van der Waals surface area contributed by atoms with Gasteiger partial charge in [0.25, 0.3) is 0 Å². The van der Waals surface area contributed by atoms with Crippen LogP contribution in [0, 0.1) is 25.5 Å². The lowest BCUT2D eigenvalue weighted by molar-refractivity contribution is -0.141. The summed E-state index contributed by atoms with van der Waals surface area (Å²) in [6.45, 7) is 3.28. The molecular weight excluding hydrogens is 365 g/mol. The van der Waals surface area contributed by atoms with Crippen molar-refractivity contribution >= 4 is 5.69 Å². The molecule has 2 aromatic carbocycles. The Bertz CT molecular complexity index is 956. The fourth-order valence-electron chi connectivity index (χ4n) is 2.75. The van der Waals surface area contributed by atoms with Crippen LogP contribution < -0.4 is 5.32 Å². The van der Waals surface area contributed by atoms with Crippen LogP contribution in [-0.2, 0) is 12.7 Å². The highest BCUT2D eigenvalue weighted by molar-refractivity contribution is 5.51. The molecule has 3 aromatic rings. The minimum absolute atomic E-state index is 0.0175. The van der Waals surface area contributed by atoms with E-state index in [1.54, 1.807) is 19.1 Å². The van der Waals surface area contributed by atoms with E-state index in [0.717, 1.165) is 22.4 Å². The Morgan fingerprint density at radius 3 is 2.37 bits per heavy atom. The lowest BCUT2D eigenvalue weighted by Crippen LogP contribution is -2.06. The average molecular weight is 381 g/mol. The molecule has 1 aromatic heterocycles. The number of rotatable bonds is 4. The van der Waals surface area contributed by atoms with Crippen molar-refractivity contribution in [1.29, 1.82) is 0 Å². The summed E-state index contributed by atoms with van der Waals surface area (Å²) in [6.07, 6.45) is -3.85. The van der Waals surface area contributed by atoms with Gasteiger partial charge in [0.15, 0.2) is 5.69 Å². The van der Waals surface area contributed by atoms with Gasteiger partial charge in [-0.15, -0.1) is 0 Å². The Hall–Kier alpha value is -2.90. The maximum Gasteiger partial charge on any atom is 0.434 e. The van der Waals surface area contributed by atoms with Crippen LogP contribution in [0.25, 0.3) is 5.69 Å². The fraction of sp³-hybridized carbons (Fsp3) is 0.211. The monoisotopic (exact) mass is 381 g/mol. The van der Waals surface area contributed by atoms with E-state index in [4.69, 9.17) is 0 Å². The molecule has 0 unspecified atom stereocenters. The zero-order chi connectivity index (χ0) is 19.8. The van der Waals surface area contributed by atoms with Crippen molar-refractivity contribution in [1.82, 2.24) is 9.55 Å². The number of alkyl halides is 3. The molecule has 0 bridgehead atoms. The van der Waals surface area contributed by atoms with Crippen LogP contribution in [0.15, 0.2) is 42.6 Å². The van der Waals surface area contributed by atoms with Crippen LogP contribution in [0.4, 0.5) is 27.6 Å². The molecule has 0 spiro atoms. The summed E-state index contributed by atoms with van der Waals surface area (Å²) in [5, 5.41) is 2.92. The standard InChI is InChI=1S/C19H16F5N3/c1-11-4-3-5-15(20)14(11)9-25-13-6-7-17(16(21)8-13)27-10-18(19(22,23)24)26-12(27)2/h3-8,10,25H,9H2,1-2H3. The first-order valence-corrected chi connectivity index (χ1v) is 8.08. The Morgan fingerprint density at radius 2 is 1.78 bits per heavy atom. The maximum atomic E-state index is 14.5. The molecule has 27 heavy (non-hydrogen) atoms. The van der Waals surface area contributed by atoms with E-state index in [0.29, 0.717) is 11.3 Å². The third-order valence-corrected chi connectivity index (χ3v) is 4.20. The van der Waals surface area contributed by atoms with Crippen molar-refractivity contribution in [2.24, 2.45) is 0 Å². The second-order valence-electron chi connectivity index (χ2n) is 6.10. The molecule has 8 heteroatoms. The zero-order valence-corrected chi connectivity index (χ0v) is 14.5. The van der Waals surface area contributed by atoms with E-state index in [1.807, 2.05) is 0 Å². The van der Waals surface area contributed by atoms with Gasteiger partial charge in [-0.3, -0.25) is 0 Å². The molecule has 0 saturated heterocycles. The minimum Gasteiger partial charge on any atom is -0.381 e. The van der Waals surface area contributed by atoms with E-state index in [9.17, 15) is 22.0 Å². The molecule has 0 saturated carbocycles. The number of aryl methyl sites for hydroxylation is 2. The molecule has 0 radical (unpaired) electrons. The van der Waals surface area contributed by atoms with Crippen LogP contribution in [0.2, 0.25) is 0 Å². The molecule has 1 N–H and O–H groups in total. The van der Waals surface area contributed by atoms with Gasteiger partial charge in [-0.2, -0.15) is 13.2 Å². The first-order chi connectivity index (χ1) is 12.7. The number of imidazole rings is 1. The molecule has 1 heterocycles. The lowest BCUT2D eigenvalue weighted by atomic mass is 10.1. The van der Waals surface area contributed by atoms with Gasteiger partial charge in [0, 0.05) is 24.0 Å². The summed E-state index contributed by atoms with van der Waals surface area (Å²) in [7, 11) is 0. The molecule has 3 nitrogen and oxygen atoms in total. The van der Waals surface area contributed by atoms with Crippen LogP contribution in [0.5, 0.6) is 0 Å². The Morgan fingerprint density at radius 1 is 1.04 bits per heavy atom. The first-order valence-electron chi connectivity index (χ1n) is 8.08. The highest BCUT2D eigenvalue weighted by Crippen LogP contribution is 2.30.